The number of carbonyl (C=O) groups is 2. The van der Waals surface area contributed by atoms with Gasteiger partial charge in [0.05, 0.1) is 17.9 Å². The maximum absolute atomic E-state index is 11.9. The normalized spacial score (nSPS) is 15.0. The quantitative estimate of drug-likeness (QED) is 0.224. The van der Waals surface area contributed by atoms with Crippen LogP contribution in [0.1, 0.15) is 24.5 Å². The smallest absolute Gasteiger partial charge is 0.367 e. The minimum Gasteiger partial charge on any atom is -0.464 e. The monoisotopic (exact) mass is 471 g/mol. The van der Waals surface area contributed by atoms with E-state index in [2.05, 4.69) is 20.0 Å². The van der Waals surface area contributed by atoms with Crippen LogP contribution in [0, 0.1) is 6.92 Å². The van der Waals surface area contributed by atoms with Crippen LogP contribution in [0.4, 0.5) is 5.69 Å². The summed E-state index contributed by atoms with van der Waals surface area (Å²) in [6.07, 6.45) is 2.18. The van der Waals surface area contributed by atoms with Gasteiger partial charge >= 0.3 is 11.9 Å². The van der Waals surface area contributed by atoms with Crippen LogP contribution in [0.15, 0.2) is 59.3 Å². The first-order chi connectivity index (χ1) is 15.9. The lowest BCUT2D eigenvalue weighted by atomic mass is 10.1. The Morgan fingerprint density at radius 3 is 2.52 bits per heavy atom. The van der Waals surface area contributed by atoms with Crippen molar-refractivity contribution in [1.29, 1.82) is 0 Å². The van der Waals surface area contributed by atoms with Crippen LogP contribution in [0.25, 0.3) is 6.08 Å². The van der Waals surface area contributed by atoms with Crippen molar-refractivity contribution in [2.45, 2.75) is 20.3 Å². The molecule has 0 saturated carbocycles. The van der Waals surface area contributed by atoms with E-state index in [9.17, 15) is 13.8 Å². The molecule has 2 aromatic carbocycles. The molecule has 0 fully saturated rings. The molecule has 1 aliphatic heterocycles. The van der Waals surface area contributed by atoms with E-state index < -0.39 is 23.2 Å². The molecular weight excluding hydrogens is 446 g/mol. The molecule has 0 saturated heterocycles. The first kappa shape index (κ1) is 24.1. The third-order valence-electron chi connectivity index (χ3n) is 4.53. The van der Waals surface area contributed by atoms with Crippen LogP contribution in [-0.4, -0.2) is 41.6 Å². The zero-order chi connectivity index (χ0) is 23.6. The molecule has 33 heavy (non-hydrogen) atoms. The lowest BCUT2D eigenvalue weighted by Crippen LogP contribution is -2.24. The number of rotatable bonds is 11. The van der Waals surface area contributed by atoms with Crippen LogP contribution in [0.3, 0.4) is 0 Å². The van der Waals surface area contributed by atoms with Crippen molar-refractivity contribution in [3.05, 3.63) is 65.2 Å². The number of nitrogens with zero attached hydrogens (tertiary/aromatic N) is 1. The molecular formula is C23H25N3O6S. The van der Waals surface area contributed by atoms with Crippen LogP contribution < -0.4 is 14.2 Å². The van der Waals surface area contributed by atoms with Crippen LogP contribution in [0.5, 0.6) is 5.75 Å². The first-order valence-corrected chi connectivity index (χ1v) is 11.4. The van der Waals surface area contributed by atoms with Crippen molar-refractivity contribution in [2.24, 2.45) is 5.16 Å². The Balaban J connectivity index is 1.30. The summed E-state index contributed by atoms with van der Waals surface area (Å²) >= 11 is -1.67. The lowest BCUT2D eigenvalue weighted by molar-refractivity contribution is -0.141. The summed E-state index contributed by atoms with van der Waals surface area (Å²) in [5.41, 5.74) is 3.58. The number of anilines is 1. The van der Waals surface area contributed by atoms with Crippen LogP contribution >= 0.6 is 0 Å². The minimum atomic E-state index is -1.67. The van der Waals surface area contributed by atoms with Gasteiger partial charge in [0.1, 0.15) is 12.3 Å². The molecule has 174 valence electrons. The molecule has 0 radical (unpaired) electrons. The van der Waals surface area contributed by atoms with E-state index in [1.54, 1.807) is 37.3 Å². The molecule has 2 N–H and O–H groups in total. The summed E-state index contributed by atoms with van der Waals surface area (Å²) in [7, 11) is 0. The number of ether oxygens (including phenoxy) is 1. The summed E-state index contributed by atoms with van der Waals surface area (Å²) in [4.78, 5) is 28.1. The van der Waals surface area contributed by atoms with Crippen molar-refractivity contribution >= 4 is 40.7 Å². The topological polar surface area (TPSA) is 115 Å². The second-order valence-corrected chi connectivity index (χ2v) is 8.11. The molecule has 1 atom stereocenters. The fourth-order valence-corrected chi connectivity index (χ4v) is 3.39. The predicted molar refractivity (Wildman–Crippen MR) is 126 cm³/mol. The zero-order valence-electron chi connectivity index (χ0n) is 18.3. The zero-order valence-corrected chi connectivity index (χ0v) is 19.1. The third-order valence-corrected chi connectivity index (χ3v) is 5.31. The molecule has 1 heterocycles. The van der Waals surface area contributed by atoms with E-state index in [0.717, 1.165) is 16.8 Å². The molecule has 0 amide bonds. The molecule has 0 aliphatic carbocycles. The Bertz CT molecular complexity index is 1060. The van der Waals surface area contributed by atoms with Crippen molar-refractivity contribution in [3.63, 3.8) is 0 Å². The average molecular weight is 472 g/mol. The largest absolute Gasteiger partial charge is 0.464 e. The van der Waals surface area contributed by atoms with Gasteiger partial charge in [-0.2, -0.15) is 4.21 Å². The highest BCUT2D eigenvalue weighted by molar-refractivity contribution is 7.78. The third kappa shape index (κ3) is 7.85. The lowest BCUT2D eigenvalue weighted by Gasteiger charge is -2.09. The number of nitrogens with one attached hydrogen (secondary N) is 2. The number of carbonyl (C=O) groups excluding carboxylic acids is 2. The number of benzene rings is 2. The fourth-order valence-electron chi connectivity index (χ4n) is 2.73. The molecule has 1 unspecified atom stereocenters. The number of hydrogen-bond acceptors (Lipinski definition) is 8. The maximum atomic E-state index is 11.9. The number of aryl methyl sites for hydroxylation is 1. The van der Waals surface area contributed by atoms with E-state index in [-0.39, 0.29) is 13.2 Å². The second-order valence-electron chi connectivity index (χ2n) is 7.19. The standard InChI is InChI=1S/C23H25N3O6S/c1-16-4-10-20(11-5-16)32-33(29)25-12-3-13-30-22(27)15-24-19-8-6-18(7-9-19)14-21-17(2)26-31-23(21)28/h4-11,14,24-25H,3,12-13,15H2,1-2H3/b21-14-. The molecule has 3 rings (SSSR count). The van der Waals surface area contributed by atoms with E-state index in [1.807, 2.05) is 31.2 Å². The minimum absolute atomic E-state index is 0.00836. The van der Waals surface area contributed by atoms with Gasteiger partial charge in [-0.15, -0.1) is 0 Å². The van der Waals surface area contributed by atoms with Crippen molar-refractivity contribution in [2.75, 3.05) is 25.0 Å². The SMILES string of the molecule is CC1=NOC(=O)/C1=C\c1ccc(NCC(=O)OCCCNS(=O)Oc2ccc(C)cc2)cc1. The average Bonchev–Trinajstić information content (AvgIpc) is 3.12. The van der Waals surface area contributed by atoms with E-state index in [4.69, 9.17) is 8.92 Å². The molecule has 0 bridgehead atoms. The second kappa shape index (κ2) is 11.9. The summed E-state index contributed by atoms with van der Waals surface area (Å²) in [6, 6.07) is 14.4. The summed E-state index contributed by atoms with van der Waals surface area (Å²) in [5.74, 6) is -0.366. The van der Waals surface area contributed by atoms with Gasteiger partial charge in [-0.25, -0.2) is 9.52 Å². The first-order valence-electron chi connectivity index (χ1n) is 10.3. The maximum Gasteiger partial charge on any atom is 0.367 e. The van der Waals surface area contributed by atoms with Crippen molar-refractivity contribution in [1.82, 2.24) is 4.72 Å². The summed E-state index contributed by atoms with van der Waals surface area (Å²) in [5, 5.41) is 6.61. The van der Waals surface area contributed by atoms with Gasteiger partial charge in [0.2, 0.25) is 0 Å². The predicted octanol–water partition coefficient (Wildman–Crippen LogP) is 2.90. The highest BCUT2D eigenvalue weighted by Gasteiger charge is 2.21. The van der Waals surface area contributed by atoms with Gasteiger partial charge in [0.25, 0.3) is 11.3 Å². The number of oxime groups is 1. The summed E-state index contributed by atoms with van der Waals surface area (Å²) in [6.45, 7) is 4.23. The van der Waals surface area contributed by atoms with E-state index in [1.165, 1.54) is 0 Å². The van der Waals surface area contributed by atoms with Crippen LogP contribution in [0.2, 0.25) is 0 Å². The Labute approximate surface area is 194 Å². The van der Waals surface area contributed by atoms with Gasteiger partial charge < -0.3 is 19.1 Å². The molecule has 0 aromatic heterocycles. The van der Waals surface area contributed by atoms with E-state index in [0.29, 0.717) is 30.0 Å². The number of esters is 1. The van der Waals surface area contributed by atoms with Gasteiger partial charge in [-0.3, -0.25) is 4.79 Å². The van der Waals surface area contributed by atoms with Gasteiger partial charge in [0, 0.05) is 12.2 Å². The van der Waals surface area contributed by atoms with Gasteiger partial charge in [-0.1, -0.05) is 35.0 Å². The Hall–Kier alpha value is -3.50. The molecule has 9 nitrogen and oxygen atoms in total. The highest BCUT2D eigenvalue weighted by atomic mass is 32.2. The number of hydrogen-bond donors (Lipinski definition) is 2. The molecule has 10 heteroatoms. The van der Waals surface area contributed by atoms with E-state index >= 15 is 0 Å². The van der Waals surface area contributed by atoms with Gasteiger partial charge in [-0.05, 0) is 56.2 Å². The molecule has 2 aromatic rings. The van der Waals surface area contributed by atoms with Gasteiger partial charge in [0.15, 0.2) is 0 Å². The molecule has 1 aliphatic rings. The Morgan fingerprint density at radius 1 is 1.12 bits per heavy atom. The molecule has 0 spiro atoms. The highest BCUT2D eigenvalue weighted by Crippen LogP contribution is 2.17. The Kier molecular flexibility index (Phi) is 8.73. The van der Waals surface area contributed by atoms with Crippen molar-refractivity contribution in [3.8, 4) is 5.75 Å². The fraction of sp³-hybridized carbons (Fsp3) is 0.261. The van der Waals surface area contributed by atoms with Crippen molar-refractivity contribution < 1.29 is 27.6 Å². The summed E-state index contributed by atoms with van der Waals surface area (Å²) < 4.78 is 25.0. The Morgan fingerprint density at radius 2 is 1.85 bits per heavy atom. The van der Waals surface area contributed by atoms with Crippen LogP contribution in [-0.2, 0) is 30.4 Å².